The highest BCUT2D eigenvalue weighted by atomic mass is 16.5. The molecule has 1 heterocycles. The number of para-hydroxylation sites is 1. The van der Waals surface area contributed by atoms with Gasteiger partial charge in [0.05, 0.1) is 0 Å². The molecule has 1 atom stereocenters. The van der Waals surface area contributed by atoms with Crippen LogP contribution in [-0.4, -0.2) is 41.7 Å². The lowest BCUT2D eigenvalue weighted by molar-refractivity contribution is -0.143. The van der Waals surface area contributed by atoms with Crippen LogP contribution in [-0.2, 0) is 4.79 Å². The normalized spacial score (nSPS) is 20.4. The lowest BCUT2D eigenvalue weighted by Gasteiger charge is -2.26. The van der Waals surface area contributed by atoms with Gasteiger partial charge in [-0.05, 0) is 37.9 Å². The van der Waals surface area contributed by atoms with Gasteiger partial charge in [0, 0.05) is 6.54 Å². The zero-order valence-corrected chi connectivity index (χ0v) is 12.0. The molecule has 20 heavy (non-hydrogen) atoms. The van der Waals surface area contributed by atoms with Crippen LogP contribution in [0.25, 0.3) is 0 Å². The van der Waals surface area contributed by atoms with Crippen molar-refractivity contribution in [3.05, 3.63) is 29.8 Å². The quantitative estimate of drug-likeness (QED) is 0.899. The predicted octanol–water partition coefficient (Wildman–Crippen LogP) is 2.70. The average molecular weight is 277 g/mol. The Hall–Kier alpha value is -1.55. The lowest BCUT2D eigenvalue weighted by Crippen LogP contribution is -2.42. The lowest BCUT2D eigenvalue weighted by atomic mass is 10.1. The predicted molar refractivity (Wildman–Crippen MR) is 78.1 cm³/mol. The van der Waals surface area contributed by atoms with Crippen molar-refractivity contribution in [1.82, 2.24) is 4.90 Å². The van der Waals surface area contributed by atoms with E-state index >= 15 is 0 Å². The summed E-state index contributed by atoms with van der Waals surface area (Å²) < 4.78 is 5.77. The summed E-state index contributed by atoms with van der Waals surface area (Å²) in [5.74, 6) is 0.178. The van der Waals surface area contributed by atoms with E-state index in [2.05, 4.69) is 0 Å². The molecule has 2 rings (SSSR count). The Bertz CT molecular complexity index is 447. The van der Waals surface area contributed by atoms with Crippen molar-refractivity contribution in [1.29, 1.82) is 0 Å². The second kappa shape index (κ2) is 7.29. The van der Waals surface area contributed by atoms with E-state index in [0.717, 1.165) is 43.5 Å². The van der Waals surface area contributed by atoms with Crippen LogP contribution in [0.5, 0.6) is 5.75 Å². The second-order valence-electron chi connectivity index (χ2n) is 5.35. The monoisotopic (exact) mass is 277 g/mol. The van der Waals surface area contributed by atoms with E-state index < -0.39 is 5.97 Å². The van der Waals surface area contributed by atoms with Crippen LogP contribution in [0.4, 0.5) is 0 Å². The highest BCUT2D eigenvalue weighted by molar-refractivity contribution is 5.73. The van der Waals surface area contributed by atoms with Crippen molar-refractivity contribution in [3.8, 4) is 5.75 Å². The number of carbonyl (C=O) groups is 1. The Labute approximate surface area is 120 Å². The molecule has 0 amide bonds. The summed E-state index contributed by atoms with van der Waals surface area (Å²) in [6.45, 7) is 4.08. The van der Waals surface area contributed by atoms with Crippen LogP contribution < -0.4 is 4.74 Å². The van der Waals surface area contributed by atoms with Crippen LogP contribution in [0.15, 0.2) is 24.3 Å². The van der Waals surface area contributed by atoms with Crippen LogP contribution in [0, 0.1) is 6.92 Å². The molecule has 0 aliphatic carbocycles. The number of carboxylic acid groups (broad SMARTS) is 1. The number of benzene rings is 1. The van der Waals surface area contributed by atoms with Crippen LogP contribution >= 0.6 is 0 Å². The van der Waals surface area contributed by atoms with E-state index in [-0.39, 0.29) is 6.04 Å². The van der Waals surface area contributed by atoms with E-state index in [0.29, 0.717) is 13.2 Å². The maximum absolute atomic E-state index is 11.3. The van der Waals surface area contributed by atoms with E-state index in [1.165, 1.54) is 0 Å². The summed E-state index contributed by atoms with van der Waals surface area (Å²) in [6.07, 6.45) is 3.96. The van der Waals surface area contributed by atoms with Gasteiger partial charge in [-0.3, -0.25) is 9.69 Å². The van der Waals surface area contributed by atoms with Gasteiger partial charge >= 0.3 is 5.97 Å². The summed E-state index contributed by atoms with van der Waals surface area (Å²) in [6, 6.07) is 7.55. The molecule has 110 valence electrons. The van der Waals surface area contributed by atoms with E-state index in [9.17, 15) is 9.90 Å². The van der Waals surface area contributed by atoms with Crippen LogP contribution in [0.1, 0.15) is 31.2 Å². The first kappa shape index (κ1) is 14.9. The minimum absolute atomic E-state index is 0.349. The number of likely N-dealkylation sites (tertiary alicyclic amines) is 1. The molecule has 0 spiro atoms. The van der Waals surface area contributed by atoms with E-state index in [1.54, 1.807) is 0 Å². The summed E-state index contributed by atoms with van der Waals surface area (Å²) in [5.41, 5.74) is 1.11. The number of nitrogens with zero attached hydrogens (tertiary/aromatic N) is 1. The van der Waals surface area contributed by atoms with E-state index in [1.807, 2.05) is 36.1 Å². The van der Waals surface area contributed by atoms with Gasteiger partial charge in [0.2, 0.25) is 0 Å². The molecule has 1 N–H and O–H groups in total. The smallest absolute Gasteiger partial charge is 0.320 e. The van der Waals surface area contributed by atoms with Crippen molar-refractivity contribution in [2.45, 2.75) is 38.6 Å². The summed E-state index contributed by atoms with van der Waals surface area (Å²) >= 11 is 0. The first-order valence-corrected chi connectivity index (χ1v) is 7.34. The minimum atomic E-state index is -0.706. The van der Waals surface area contributed by atoms with Gasteiger partial charge < -0.3 is 9.84 Å². The maximum atomic E-state index is 11.3. The number of ether oxygens (including phenoxy) is 1. The first-order valence-electron chi connectivity index (χ1n) is 7.34. The van der Waals surface area contributed by atoms with Gasteiger partial charge in [0.25, 0.3) is 0 Å². The molecule has 1 aromatic carbocycles. The maximum Gasteiger partial charge on any atom is 0.320 e. The Morgan fingerprint density at radius 1 is 1.35 bits per heavy atom. The zero-order valence-electron chi connectivity index (χ0n) is 12.0. The average Bonchev–Trinajstić information content (AvgIpc) is 2.66. The van der Waals surface area contributed by atoms with Crippen molar-refractivity contribution in [3.63, 3.8) is 0 Å². The molecule has 1 saturated heterocycles. The van der Waals surface area contributed by atoms with Gasteiger partial charge in [-0.2, -0.15) is 0 Å². The second-order valence-corrected chi connectivity index (χ2v) is 5.35. The molecule has 1 aliphatic heterocycles. The first-order chi connectivity index (χ1) is 9.68. The topological polar surface area (TPSA) is 49.8 Å². The summed E-state index contributed by atoms with van der Waals surface area (Å²) in [5, 5.41) is 9.31. The molecule has 4 heteroatoms. The zero-order chi connectivity index (χ0) is 14.4. The van der Waals surface area contributed by atoms with Gasteiger partial charge in [-0.1, -0.05) is 31.0 Å². The molecule has 0 saturated carbocycles. The fourth-order valence-electron chi connectivity index (χ4n) is 2.71. The molecule has 1 unspecified atom stereocenters. The molecule has 0 radical (unpaired) electrons. The third-order valence-corrected chi connectivity index (χ3v) is 3.88. The highest BCUT2D eigenvalue weighted by Crippen LogP contribution is 2.18. The van der Waals surface area contributed by atoms with Crippen LogP contribution in [0.3, 0.4) is 0 Å². The number of carboxylic acids is 1. The number of aliphatic carboxylic acids is 1. The Morgan fingerprint density at radius 2 is 2.15 bits per heavy atom. The standard InChI is InChI=1S/C16H23NO3/c1-13-7-4-5-9-15(13)20-12-11-17-10-6-2-3-8-14(17)16(18)19/h4-5,7,9,14H,2-3,6,8,10-12H2,1H3,(H,18,19). The fraction of sp³-hybridized carbons (Fsp3) is 0.562. The number of hydrogen-bond donors (Lipinski definition) is 1. The Balaban J connectivity index is 1.88. The SMILES string of the molecule is Cc1ccccc1OCCN1CCCCCC1C(=O)O. The van der Waals surface area contributed by atoms with Crippen molar-refractivity contribution in [2.24, 2.45) is 0 Å². The Kier molecular flexibility index (Phi) is 5.41. The largest absolute Gasteiger partial charge is 0.492 e. The van der Waals surface area contributed by atoms with E-state index in [4.69, 9.17) is 4.74 Å². The highest BCUT2D eigenvalue weighted by Gasteiger charge is 2.26. The van der Waals surface area contributed by atoms with Crippen molar-refractivity contribution >= 4 is 5.97 Å². The van der Waals surface area contributed by atoms with Gasteiger partial charge in [-0.15, -0.1) is 0 Å². The van der Waals surface area contributed by atoms with Gasteiger partial charge in [0.15, 0.2) is 0 Å². The minimum Gasteiger partial charge on any atom is -0.492 e. The molecule has 1 aromatic rings. The molecule has 0 bridgehead atoms. The molecule has 1 aliphatic rings. The number of hydrogen-bond acceptors (Lipinski definition) is 3. The Morgan fingerprint density at radius 3 is 2.90 bits per heavy atom. The number of rotatable bonds is 5. The summed E-state index contributed by atoms with van der Waals surface area (Å²) in [4.78, 5) is 13.4. The van der Waals surface area contributed by atoms with Crippen LogP contribution in [0.2, 0.25) is 0 Å². The third-order valence-electron chi connectivity index (χ3n) is 3.88. The fourth-order valence-corrected chi connectivity index (χ4v) is 2.71. The molecule has 4 nitrogen and oxygen atoms in total. The molecular formula is C16H23NO3. The van der Waals surface area contributed by atoms with Gasteiger partial charge in [-0.25, -0.2) is 0 Å². The van der Waals surface area contributed by atoms with Crippen molar-refractivity contribution < 1.29 is 14.6 Å². The molecule has 1 fully saturated rings. The summed E-state index contributed by atoms with van der Waals surface area (Å²) in [7, 11) is 0. The van der Waals surface area contributed by atoms with Gasteiger partial charge in [0.1, 0.15) is 18.4 Å². The number of aryl methyl sites for hydroxylation is 1. The third kappa shape index (κ3) is 3.97. The van der Waals surface area contributed by atoms with Crippen molar-refractivity contribution in [2.75, 3.05) is 19.7 Å². The molecular weight excluding hydrogens is 254 g/mol. The molecule has 0 aromatic heterocycles.